The fourth-order valence-electron chi connectivity index (χ4n) is 3.46. The van der Waals surface area contributed by atoms with Crippen LogP contribution >= 0.6 is 27.5 Å². The molecule has 1 heterocycles. The Bertz CT molecular complexity index is 919. The van der Waals surface area contributed by atoms with Crippen molar-refractivity contribution in [1.29, 1.82) is 0 Å². The normalized spacial score (nSPS) is 14.2. The van der Waals surface area contributed by atoms with E-state index < -0.39 is 5.97 Å². The van der Waals surface area contributed by atoms with Crippen LogP contribution in [0.5, 0.6) is 5.75 Å². The zero-order valence-corrected chi connectivity index (χ0v) is 20.0. The molecule has 1 aliphatic rings. The number of aromatic carboxylic acids is 1. The number of hydrogen-bond donors (Lipinski definition) is 1. The number of benzene rings is 2. The first-order valence-corrected chi connectivity index (χ1v) is 11.6. The van der Waals surface area contributed by atoms with Gasteiger partial charge in [0.1, 0.15) is 11.3 Å². The number of carboxylic acids is 1. The number of rotatable bonds is 10. The molecule has 7 nitrogen and oxygen atoms in total. The summed E-state index contributed by atoms with van der Waals surface area (Å²) in [4.78, 5) is 28.6. The third-order valence-electron chi connectivity index (χ3n) is 5.18. The highest BCUT2D eigenvalue weighted by Gasteiger charge is 2.19. The molecule has 0 radical (unpaired) electrons. The van der Waals surface area contributed by atoms with Crippen molar-refractivity contribution < 1.29 is 24.2 Å². The van der Waals surface area contributed by atoms with Crippen molar-refractivity contribution in [3.8, 4) is 5.75 Å². The summed E-state index contributed by atoms with van der Waals surface area (Å²) in [7, 11) is 0. The lowest BCUT2D eigenvalue weighted by Crippen LogP contribution is -2.40. The van der Waals surface area contributed by atoms with Gasteiger partial charge in [0.25, 0.3) is 5.91 Å². The minimum absolute atomic E-state index is 0.00347. The lowest BCUT2D eigenvalue weighted by Gasteiger charge is -2.28. The third-order valence-corrected chi connectivity index (χ3v) is 6.06. The van der Waals surface area contributed by atoms with Gasteiger partial charge in [-0.2, -0.15) is 0 Å². The smallest absolute Gasteiger partial charge is 0.339 e. The quantitative estimate of drug-likeness (QED) is 0.506. The van der Waals surface area contributed by atoms with Gasteiger partial charge in [0.15, 0.2) is 6.61 Å². The lowest BCUT2D eigenvalue weighted by molar-refractivity contribution is -0.134. The highest BCUT2D eigenvalue weighted by molar-refractivity contribution is 9.10. The van der Waals surface area contributed by atoms with Gasteiger partial charge in [-0.3, -0.25) is 9.69 Å². The maximum absolute atomic E-state index is 13.0. The van der Waals surface area contributed by atoms with E-state index in [0.29, 0.717) is 22.6 Å². The zero-order valence-electron chi connectivity index (χ0n) is 17.6. The average Bonchev–Trinajstić information content (AvgIpc) is 2.79. The predicted molar refractivity (Wildman–Crippen MR) is 125 cm³/mol. The van der Waals surface area contributed by atoms with E-state index in [-0.39, 0.29) is 23.8 Å². The maximum atomic E-state index is 13.0. The molecule has 172 valence electrons. The van der Waals surface area contributed by atoms with Crippen molar-refractivity contribution in [1.82, 2.24) is 9.80 Å². The molecular weight excluding hydrogens is 500 g/mol. The van der Waals surface area contributed by atoms with Crippen LogP contribution in [0, 0.1) is 0 Å². The van der Waals surface area contributed by atoms with E-state index >= 15 is 0 Å². The number of ether oxygens (including phenoxy) is 2. The summed E-state index contributed by atoms with van der Waals surface area (Å²) in [6.07, 6.45) is 0.814. The Balaban J connectivity index is 1.65. The molecule has 0 bridgehead atoms. The van der Waals surface area contributed by atoms with Crippen LogP contribution < -0.4 is 4.74 Å². The van der Waals surface area contributed by atoms with Gasteiger partial charge in [0.2, 0.25) is 0 Å². The Labute approximate surface area is 201 Å². The second-order valence-corrected chi connectivity index (χ2v) is 8.75. The lowest BCUT2D eigenvalue weighted by atomic mass is 10.2. The second-order valence-electron chi connectivity index (χ2n) is 7.46. The first-order chi connectivity index (χ1) is 15.4. The van der Waals surface area contributed by atoms with Crippen LogP contribution in [0.2, 0.25) is 5.02 Å². The molecule has 0 saturated carbocycles. The van der Waals surface area contributed by atoms with Crippen molar-refractivity contribution in [3.05, 3.63) is 63.1 Å². The van der Waals surface area contributed by atoms with E-state index in [9.17, 15) is 14.7 Å². The predicted octanol–water partition coefficient (Wildman–Crippen LogP) is 3.93. The summed E-state index contributed by atoms with van der Waals surface area (Å²) < 4.78 is 11.5. The average molecular weight is 526 g/mol. The molecule has 9 heteroatoms. The number of carboxylic acid groups (broad SMARTS) is 1. The van der Waals surface area contributed by atoms with Crippen LogP contribution in [0.15, 0.2) is 46.9 Å². The number of morpholine rings is 1. The molecule has 0 aliphatic carbocycles. The van der Waals surface area contributed by atoms with Crippen molar-refractivity contribution in [2.24, 2.45) is 0 Å². The Kier molecular flexibility index (Phi) is 9.35. The van der Waals surface area contributed by atoms with Crippen LogP contribution in [0.25, 0.3) is 0 Å². The van der Waals surface area contributed by atoms with Crippen LogP contribution in [0.1, 0.15) is 22.3 Å². The molecule has 0 spiro atoms. The molecule has 2 aromatic rings. The molecule has 32 heavy (non-hydrogen) atoms. The van der Waals surface area contributed by atoms with Crippen molar-refractivity contribution in [3.63, 3.8) is 0 Å². The summed E-state index contributed by atoms with van der Waals surface area (Å²) in [6.45, 7) is 4.87. The van der Waals surface area contributed by atoms with E-state index in [1.807, 2.05) is 12.1 Å². The summed E-state index contributed by atoms with van der Waals surface area (Å²) in [5.74, 6) is -1.18. The number of para-hydroxylation sites is 1. The van der Waals surface area contributed by atoms with Gasteiger partial charge in [-0.05, 0) is 52.2 Å². The molecule has 1 fully saturated rings. The molecule has 0 unspecified atom stereocenters. The zero-order chi connectivity index (χ0) is 22.9. The van der Waals surface area contributed by atoms with Gasteiger partial charge in [-0.1, -0.05) is 29.8 Å². The molecule has 1 saturated heterocycles. The summed E-state index contributed by atoms with van der Waals surface area (Å²) in [5.41, 5.74) is 0.963. The van der Waals surface area contributed by atoms with Gasteiger partial charge in [-0.25, -0.2) is 4.79 Å². The fourth-order valence-corrected chi connectivity index (χ4v) is 4.07. The van der Waals surface area contributed by atoms with E-state index in [1.165, 1.54) is 6.07 Å². The van der Waals surface area contributed by atoms with Crippen LogP contribution in [-0.2, 0) is 16.1 Å². The summed E-state index contributed by atoms with van der Waals surface area (Å²) in [6, 6.07) is 12.1. The summed E-state index contributed by atoms with van der Waals surface area (Å²) in [5, 5.41) is 10.0. The minimum atomic E-state index is -1.11. The Hall–Kier alpha value is -2.13. The third kappa shape index (κ3) is 7.20. The first kappa shape index (κ1) is 24.5. The molecule has 1 N–H and O–H groups in total. The SMILES string of the molecule is O=C(O)c1cccc(Br)c1OCC(=O)N(CCCN1CCOCC1)Cc1ccc(Cl)cc1. The number of carbonyl (C=O) groups excluding carboxylic acids is 1. The van der Waals surface area contributed by atoms with E-state index in [1.54, 1.807) is 29.2 Å². The number of hydrogen-bond acceptors (Lipinski definition) is 5. The monoisotopic (exact) mass is 524 g/mol. The Morgan fingerprint density at radius 1 is 1.16 bits per heavy atom. The minimum Gasteiger partial charge on any atom is -0.482 e. The molecule has 1 aliphatic heterocycles. The Morgan fingerprint density at radius 3 is 2.56 bits per heavy atom. The topological polar surface area (TPSA) is 79.3 Å². The molecule has 0 aromatic heterocycles. The van der Waals surface area contributed by atoms with Gasteiger partial charge in [0.05, 0.1) is 17.7 Å². The maximum Gasteiger partial charge on any atom is 0.339 e. The van der Waals surface area contributed by atoms with Gasteiger partial charge < -0.3 is 19.5 Å². The second kappa shape index (κ2) is 12.2. The van der Waals surface area contributed by atoms with E-state index in [4.69, 9.17) is 21.1 Å². The van der Waals surface area contributed by atoms with Crippen molar-refractivity contribution in [2.45, 2.75) is 13.0 Å². The van der Waals surface area contributed by atoms with Crippen molar-refractivity contribution in [2.75, 3.05) is 46.0 Å². The van der Waals surface area contributed by atoms with E-state index in [0.717, 1.165) is 44.8 Å². The largest absolute Gasteiger partial charge is 0.482 e. The highest BCUT2D eigenvalue weighted by atomic mass is 79.9. The van der Waals surface area contributed by atoms with Crippen LogP contribution in [-0.4, -0.2) is 72.8 Å². The Morgan fingerprint density at radius 2 is 1.88 bits per heavy atom. The molecule has 0 atom stereocenters. The first-order valence-electron chi connectivity index (χ1n) is 10.4. The molecule has 3 rings (SSSR count). The number of amides is 1. The van der Waals surface area contributed by atoms with Gasteiger partial charge in [-0.15, -0.1) is 0 Å². The molecular formula is C23H26BrClN2O5. The number of carbonyl (C=O) groups is 2. The van der Waals surface area contributed by atoms with Crippen LogP contribution in [0.4, 0.5) is 0 Å². The van der Waals surface area contributed by atoms with E-state index in [2.05, 4.69) is 20.8 Å². The standard InChI is InChI=1S/C23H26BrClN2O5/c24-20-4-1-3-19(23(29)30)22(20)32-16-21(28)27(15-17-5-7-18(25)8-6-17)10-2-9-26-11-13-31-14-12-26/h1,3-8H,2,9-16H2,(H,29,30). The fraction of sp³-hybridized carbons (Fsp3) is 0.391. The number of nitrogens with zero attached hydrogens (tertiary/aromatic N) is 2. The van der Waals surface area contributed by atoms with Crippen LogP contribution in [0.3, 0.4) is 0 Å². The van der Waals surface area contributed by atoms with Crippen molar-refractivity contribution >= 4 is 39.4 Å². The van der Waals surface area contributed by atoms with Gasteiger partial charge in [0, 0.05) is 37.7 Å². The highest BCUT2D eigenvalue weighted by Crippen LogP contribution is 2.29. The van der Waals surface area contributed by atoms with Gasteiger partial charge >= 0.3 is 5.97 Å². The number of halogens is 2. The summed E-state index contributed by atoms with van der Waals surface area (Å²) >= 11 is 9.29. The molecule has 2 aromatic carbocycles. The molecule has 1 amide bonds.